The first-order valence-corrected chi connectivity index (χ1v) is 16.2. The van der Waals surface area contributed by atoms with Crippen LogP contribution < -0.4 is 5.32 Å². The van der Waals surface area contributed by atoms with Crippen LogP contribution in [0.3, 0.4) is 0 Å². The van der Waals surface area contributed by atoms with Crippen LogP contribution in [0.15, 0.2) is 66.2 Å². The normalized spacial score (nSPS) is 32.6. The van der Waals surface area contributed by atoms with Gasteiger partial charge in [-0.25, -0.2) is 0 Å². The van der Waals surface area contributed by atoms with Crippen LogP contribution in [-0.2, 0) is 25.6 Å². The molecule has 0 bridgehead atoms. The minimum absolute atomic E-state index is 0.0257. The highest BCUT2D eigenvalue weighted by atomic mass is 16.7. The molecule has 7 nitrogen and oxygen atoms in total. The largest absolute Gasteiger partial charge is 0.504 e. The van der Waals surface area contributed by atoms with Crippen molar-refractivity contribution >= 4 is 0 Å². The Labute approximate surface area is 252 Å². The zero-order valence-corrected chi connectivity index (χ0v) is 25.5. The number of fused-ring (bicyclic) bond motifs is 1. The SMILES string of the molecule is C=C1/C(O)=C(/OCc2ccccc2)CC/C=C\CCC(NCC2CC2)C2(OCCCO)CCC3(CC12CC)OCCO3. The van der Waals surface area contributed by atoms with Gasteiger partial charge in [0.25, 0.3) is 0 Å². The highest BCUT2D eigenvalue weighted by Gasteiger charge is 2.65. The van der Waals surface area contributed by atoms with E-state index in [4.69, 9.17) is 18.9 Å². The second kappa shape index (κ2) is 14.1. The van der Waals surface area contributed by atoms with E-state index < -0.39 is 16.8 Å². The van der Waals surface area contributed by atoms with Crippen LogP contribution in [0.2, 0.25) is 0 Å². The van der Waals surface area contributed by atoms with E-state index >= 15 is 0 Å². The van der Waals surface area contributed by atoms with Crippen molar-refractivity contribution in [1.82, 2.24) is 5.32 Å². The number of hydrogen-bond acceptors (Lipinski definition) is 7. The fourth-order valence-corrected chi connectivity index (χ4v) is 7.44. The first-order valence-electron chi connectivity index (χ1n) is 16.2. The summed E-state index contributed by atoms with van der Waals surface area (Å²) in [5.74, 6) is 0.652. The molecule has 1 aromatic carbocycles. The molecule has 2 saturated carbocycles. The molecule has 0 aromatic heterocycles. The fourth-order valence-electron chi connectivity index (χ4n) is 7.44. The fraction of sp³-hybridized carbons (Fsp3) is 0.657. The third kappa shape index (κ3) is 6.66. The third-order valence-corrected chi connectivity index (χ3v) is 9.96. The lowest BCUT2D eigenvalue weighted by atomic mass is 9.53. The van der Waals surface area contributed by atoms with Gasteiger partial charge in [0.1, 0.15) is 12.4 Å². The maximum Gasteiger partial charge on any atom is 0.169 e. The zero-order chi connectivity index (χ0) is 29.5. The summed E-state index contributed by atoms with van der Waals surface area (Å²) in [6.07, 6.45) is 13.4. The van der Waals surface area contributed by atoms with Crippen molar-refractivity contribution in [3.05, 3.63) is 71.7 Å². The summed E-state index contributed by atoms with van der Waals surface area (Å²) in [6.45, 7) is 9.77. The van der Waals surface area contributed by atoms with Gasteiger partial charge in [0.2, 0.25) is 0 Å². The number of rotatable bonds is 11. The highest BCUT2D eigenvalue weighted by molar-refractivity contribution is 5.38. The average molecular weight is 582 g/mol. The van der Waals surface area contributed by atoms with E-state index in [9.17, 15) is 10.2 Å². The number of hydrogen-bond donors (Lipinski definition) is 3. The number of aliphatic hydroxyl groups is 2. The molecule has 3 unspecified atom stereocenters. The van der Waals surface area contributed by atoms with Crippen molar-refractivity contribution in [2.45, 2.75) is 102 Å². The molecule has 1 aromatic rings. The Morgan fingerprint density at radius 1 is 1.05 bits per heavy atom. The quantitative estimate of drug-likeness (QED) is 0.203. The van der Waals surface area contributed by atoms with E-state index in [1.807, 2.05) is 30.3 Å². The van der Waals surface area contributed by atoms with E-state index in [1.165, 1.54) is 12.8 Å². The van der Waals surface area contributed by atoms with Gasteiger partial charge >= 0.3 is 0 Å². The standard InChI is InChI=1S/C35H51NO6/c1-3-33-26-34(40-22-23-41-34)18-19-35(33,42-21-11-20-37)31(36-24-28-16-17-28)15-10-5-4-9-14-30(32(38)27(33)2)39-25-29-12-7-6-8-13-29/h4-8,12-13,28,31,36-38H,2-3,9-11,14-26H2,1H3/b5-4-,32-30-. The Kier molecular flexibility index (Phi) is 10.5. The molecule has 0 radical (unpaired) electrons. The van der Waals surface area contributed by atoms with Crippen LogP contribution in [0.1, 0.15) is 83.1 Å². The molecule has 232 valence electrons. The summed E-state index contributed by atoms with van der Waals surface area (Å²) in [6, 6.07) is 10.1. The molecule has 4 aliphatic rings. The second-order valence-corrected chi connectivity index (χ2v) is 12.6. The van der Waals surface area contributed by atoms with E-state index in [0.29, 0.717) is 82.2 Å². The summed E-state index contributed by atoms with van der Waals surface area (Å²) in [7, 11) is 0. The van der Waals surface area contributed by atoms with E-state index in [2.05, 4.69) is 31.0 Å². The molecule has 7 heteroatoms. The van der Waals surface area contributed by atoms with Gasteiger partial charge in [0, 0.05) is 43.9 Å². The summed E-state index contributed by atoms with van der Waals surface area (Å²) in [5.41, 5.74) is 0.305. The lowest BCUT2D eigenvalue weighted by Crippen LogP contribution is -2.68. The topological polar surface area (TPSA) is 89.4 Å². The van der Waals surface area contributed by atoms with Crippen molar-refractivity contribution in [3.8, 4) is 0 Å². The van der Waals surface area contributed by atoms with Crippen molar-refractivity contribution < 1.29 is 29.2 Å². The molecule has 3 N–H and O–H groups in total. The lowest BCUT2D eigenvalue weighted by molar-refractivity contribution is -0.263. The van der Waals surface area contributed by atoms with Crippen molar-refractivity contribution in [2.24, 2.45) is 11.3 Å². The van der Waals surface area contributed by atoms with Crippen LogP contribution in [-0.4, -0.2) is 60.6 Å². The minimum atomic E-state index is -0.730. The monoisotopic (exact) mass is 581 g/mol. The molecule has 1 aliphatic heterocycles. The first-order chi connectivity index (χ1) is 20.5. The van der Waals surface area contributed by atoms with Crippen LogP contribution in [0.25, 0.3) is 0 Å². The first kappa shape index (κ1) is 31.3. The number of nitrogens with one attached hydrogen (secondary N) is 1. The van der Waals surface area contributed by atoms with E-state index in [-0.39, 0.29) is 18.4 Å². The second-order valence-electron chi connectivity index (χ2n) is 12.6. The minimum Gasteiger partial charge on any atom is -0.504 e. The van der Waals surface area contributed by atoms with Gasteiger partial charge in [0.05, 0.1) is 18.8 Å². The number of allylic oxidation sites excluding steroid dienone is 4. The van der Waals surface area contributed by atoms with Crippen LogP contribution in [0.4, 0.5) is 0 Å². The van der Waals surface area contributed by atoms with Gasteiger partial charge in [-0.05, 0) is 75.0 Å². The smallest absolute Gasteiger partial charge is 0.169 e. The zero-order valence-electron chi connectivity index (χ0n) is 25.5. The van der Waals surface area contributed by atoms with Crippen LogP contribution in [0, 0.1) is 11.3 Å². The van der Waals surface area contributed by atoms with E-state index in [1.54, 1.807) is 0 Å². The van der Waals surface area contributed by atoms with Crippen molar-refractivity contribution in [1.29, 1.82) is 0 Å². The van der Waals surface area contributed by atoms with Crippen LogP contribution >= 0.6 is 0 Å². The highest BCUT2D eigenvalue weighted by Crippen LogP contribution is 2.61. The third-order valence-electron chi connectivity index (χ3n) is 9.96. The predicted molar refractivity (Wildman–Crippen MR) is 164 cm³/mol. The number of benzene rings is 1. The number of aliphatic hydroxyl groups excluding tert-OH is 2. The molecule has 0 amide bonds. The number of ether oxygens (including phenoxy) is 4. The molecule has 1 heterocycles. The molecule has 1 saturated heterocycles. The molecular weight excluding hydrogens is 530 g/mol. The van der Waals surface area contributed by atoms with Gasteiger partial charge in [-0.3, -0.25) is 0 Å². The Balaban J connectivity index is 1.59. The Morgan fingerprint density at radius 3 is 2.52 bits per heavy atom. The van der Waals surface area contributed by atoms with E-state index in [0.717, 1.165) is 31.4 Å². The lowest BCUT2D eigenvalue weighted by Gasteiger charge is -2.60. The Morgan fingerprint density at radius 2 is 1.81 bits per heavy atom. The molecule has 1 spiro atoms. The van der Waals surface area contributed by atoms with Gasteiger partial charge in [-0.2, -0.15) is 0 Å². The maximum absolute atomic E-state index is 12.1. The molecule has 42 heavy (non-hydrogen) atoms. The predicted octanol–water partition coefficient (Wildman–Crippen LogP) is 6.49. The Bertz CT molecular complexity index is 1090. The average Bonchev–Trinajstić information content (AvgIpc) is 3.74. The molecular formula is C35H51NO6. The summed E-state index contributed by atoms with van der Waals surface area (Å²) in [5, 5.41) is 25.8. The molecule has 3 fully saturated rings. The van der Waals surface area contributed by atoms with Gasteiger partial charge in [0.15, 0.2) is 11.5 Å². The molecule has 3 atom stereocenters. The van der Waals surface area contributed by atoms with Crippen molar-refractivity contribution in [3.63, 3.8) is 0 Å². The molecule has 3 aliphatic carbocycles. The summed E-state index contributed by atoms with van der Waals surface area (Å²) in [4.78, 5) is 0. The van der Waals surface area contributed by atoms with Gasteiger partial charge in [-0.1, -0.05) is 56.0 Å². The Hall–Kier alpha value is -2.16. The van der Waals surface area contributed by atoms with Gasteiger partial charge < -0.3 is 34.5 Å². The van der Waals surface area contributed by atoms with Gasteiger partial charge in [-0.15, -0.1) is 0 Å². The molecule has 5 rings (SSSR count). The van der Waals surface area contributed by atoms with Crippen molar-refractivity contribution in [2.75, 3.05) is 33.0 Å². The summed E-state index contributed by atoms with van der Waals surface area (Å²) < 4.78 is 26.1. The summed E-state index contributed by atoms with van der Waals surface area (Å²) >= 11 is 0. The maximum atomic E-state index is 12.1. The van der Waals surface area contributed by atoms with Crippen LogP contribution in [0.5, 0.6) is 0 Å².